The van der Waals surface area contributed by atoms with Crippen molar-refractivity contribution in [3.8, 4) is 0 Å². The summed E-state index contributed by atoms with van der Waals surface area (Å²) < 4.78 is 0. The van der Waals surface area contributed by atoms with Crippen molar-refractivity contribution in [1.29, 1.82) is 0 Å². The van der Waals surface area contributed by atoms with E-state index in [0.717, 1.165) is 44.9 Å². The van der Waals surface area contributed by atoms with Crippen molar-refractivity contribution >= 4 is 5.91 Å². The molecule has 0 aromatic rings. The maximum Gasteiger partial charge on any atom is 0.220 e. The summed E-state index contributed by atoms with van der Waals surface area (Å²) in [6.45, 7) is 4.14. The van der Waals surface area contributed by atoms with Gasteiger partial charge in [0.05, 0.1) is 18.8 Å². The highest BCUT2D eigenvalue weighted by molar-refractivity contribution is 5.76. The van der Waals surface area contributed by atoms with Crippen LogP contribution in [0.25, 0.3) is 0 Å². The topological polar surface area (TPSA) is 89.8 Å². The Labute approximate surface area is 292 Å². The van der Waals surface area contributed by atoms with Crippen LogP contribution in [0.3, 0.4) is 0 Å². The molecule has 0 aliphatic heterocycles. The third kappa shape index (κ3) is 32.9. The Bertz CT molecular complexity index is 734. The molecule has 0 heterocycles. The average Bonchev–Trinajstić information content (AvgIpc) is 3.07. The molecule has 4 N–H and O–H groups in total. The van der Waals surface area contributed by atoms with Crippen molar-refractivity contribution in [3.05, 3.63) is 36.5 Å². The molecule has 47 heavy (non-hydrogen) atoms. The largest absolute Gasteiger partial charge is 0.394 e. The Morgan fingerprint density at radius 1 is 0.511 bits per heavy atom. The number of hydrogen-bond donors (Lipinski definition) is 4. The smallest absolute Gasteiger partial charge is 0.220 e. The second-order valence-corrected chi connectivity index (χ2v) is 13.8. The van der Waals surface area contributed by atoms with Crippen LogP contribution in [0.2, 0.25) is 0 Å². The fourth-order valence-corrected chi connectivity index (χ4v) is 5.99. The summed E-state index contributed by atoms with van der Waals surface area (Å²) in [5, 5.41) is 33.4. The summed E-state index contributed by atoms with van der Waals surface area (Å²) in [6.07, 6.45) is 45.2. The summed E-state index contributed by atoms with van der Waals surface area (Å²) in [6, 6.07) is -0.833. The number of nitrogens with one attached hydrogen (secondary N) is 1. The minimum atomic E-state index is -1.17. The fourth-order valence-electron chi connectivity index (χ4n) is 5.99. The van der Waals surface area contributed by atoms with E-state index < -0.39 is 18.2 Å². The lowest BCUT2D eigenvalue weighted by Crippen LogP contribution is -2.50. The zero-order chi connectivity index (χ0) is 34.5. The molecule has 276 valence electrons. The van der Waals surface area contributed by atoms with Crippen LogP contribution in [-0.4, -0.2) is 46.1 Å². The number of amides is 1. The first-order valence-electron chi connectivity index (χ1n) is 20.3. The molecule has 0 bridgehead atoms. The molecule has 5 nitrogen and oxygen atoms in total. The van der Waals surface area contributed by atoms with Crippen LogP contribution in [-0.2, 0) is 4.79 Å². The Kier molecular flexibility index (Phi) is 36.3. The van der Waals surface area contributed by atoms with Crippen LogP contribution in [0.4, 0.5) is 0 Å². The van der Waals surface area contributed by atoms with Crippen LogP contribution in [0.5, 0.6) is 0 Å². The molecule has 0 radical (unpaired) electrons. The first-order valence-corrected chi connectivity index (χ1v) is 20.3. The first-order chi connectivity index (χ1) is 23.1. The number of carbonyl (C=O) groups excluding carboxylic acids is 1. The van der Waals surface area contributed by atoms with E-state index in [1.165, 1.54) is 128 Å². The van der Waals surface area contributed by atoms with Gasteiger partial charge >= 0.3 is 0 Å². The van der Waals surface area contributed by atoms with Gasteiger partial charge in [0.2, 0.25) is 5.91 Å². The molecule has 0 aliphatic rings. The van der Waals surface area contributed by atoms with Crippen LogP contribution in [0.1, 0.15) is 200 Å². The van der Waals surface area contributed by atoms with Gasteiger partial charge in [0.1, 0.15) is 6.10 Å². The summed E-state index contributed by atoms with van der Waals surface area (Å²) in [5.41, 5.74) is 0. The number of aliphatic hydroxyl groups excluding tert-OH is 3. The van der Waals surface area contributed by atoms with E-state index in [9.17, 15) is 20.1 Å². The molecule has 0 saturated carbocycles. The van der Waals surface area contributed by atoms with Gasteiger partial charge in [-0.2, -0.15) is 0 Å². The summed E-state index contributed by atoms with van der Waals surface area (Å²) in [4.78, 5) is 12.4. The number of carbonyl (C=O) groups is 1. The van der Waals surface area contributed by atoms with Crippen molar-refractivity contribution in [2.75, 3.05) is 6.61 Å². The van der Waals surface area contributed by atoms with Crippen molar-refractivity contribution in [1.82, 2.24) is 5.32 Å². The third-order valence-electron chi connectivity index (χ3n) is 9.19. The van der Waals surface area contributed by atoms with Gasteiger partial charge in [0.15, 0.2) is 0 Å². The lowest BCUT2D eigenvalue weighted by Gasteiger charge is -2.26. The SMILES string of the molecule is CCCCCCCC/C=C\CCCCCCCCCC(=O)NC(CO)C(O)C(O)CCC/C=C/CC/C=C/CCCCCCCCC. The molecular formula is C42H79NO4. The summed E-state index contributed by atoms with van der Waals surface area (Å²) in [5.74, 6) is -0.164. The molecule has 1 amide bonds. The predicted molar refractivity (Wildman–Crippen MR) is 204 cm³/mol. The van der Waals surface area contributed by atoms with Crippen LogP contribution >= 0.6 is 0 Å². The zero-order valence-electron chi connectivity index (χ0n) is 31.2. The van der Waals surface area contributed by atoms with E-state index in [4.69, 9.17) is 0 Å². The number of unbranched alkanes of at least 4 members (excludes halogenated alkanes) is 22. The van der Waals surface area contributed by atoms with Crippen LogP contribution < -0.4 is 5.32 Å². The molecule has 0 fully saturated rings. The number of rotatable bonds is 36. The molecular weight excluding hydrogens is 582 g/mol. The van der Waals surface area contributed by atoms with Gasteiger partial charge in [-0.1, -0.05) is 153 Å². The molecule has 3 unspecified atom stereocenters. The lowest BCUT2D eigenvalue weighted by atomic mass is 10.0. The molecule has 0 aliphatic carbocycles. The van der Waals surface area contributed by atoms with E-state index in [-0.39, 0.29) is 12.5 Å². The summed E-state index contributed by atoms with van der Waals surface area (Å²) in [7, 11) is 0. The van der Waals surface area contributed by atoms with Gasteiger partial charge < -0.3 is 20.6 Å². The molecule has 0 saturated heterocycles. The van der Waals surface area contributed by atoms with Crippen LogP contribution in [0.15, 0.2) is 36.5 Å². The Hall–Kier alpha value is -1.43. The van der Waals surface area contributed by atoms with Gasteiger partial charge in [-0.3, -0.25) is 4.79 Å². The highest BCUT2D eigenvalue weighted by Crippen LogP contribution is 2.13. The van der Waals surface area contributed by atoms with E-state index >= 15 is 0 Å². The maximum absolute atomic E-state index is 12.4. The number of allylic oxidation sites excluding steroid dienone is 6. The molecule has 5 heteroatoms. The van der Waals surface area contributed by atoms with Gasteiger partial charge in [-0.05, 0) is 77.0 Å². The monoisotopic (exact) mass is 662 g/mol. The van der Waals surface area contributed by atoms with Crippen molar-refractivity contribution in [2.45, 2.75) is 218 Å². The predicted octanol–water partition coefficient (Wildman–Crippen LogP) is 11.2. The quantitative estimate of drug-likeness (QED) is 0.0397. The Balaban J connectivity index is 3.74. The summed E-state index contributed by atoms with van der Waals surface area (Å²) >= 11 is 0. The van der Waals surface area contributed by atoms with Crippen molar-refractivity contribution in [3.63, 3.8) is 0 Å². The van der Waals surface area contributed by atoms with Gasteiger partial charge in [-0.25, -0.2) is 0 Å². The third-order valence-corrected chi connectivity index (χ3v) is 9.19. The minimum absolute atomic E-state index is 0.164. The van der Waals surface area contributed by atoms with Gasteiger partial charge in [0.25, 0.3) is 0 Å². The highest BCUT2D eigenvalue weighted by Gasteiger charge is 2.26. The minimum Gasteiger partial charge on any atom is -0.394 e. The zero-order valence-corrected chi connectivity index (χ0v) is 31.2. The van der Waals surface area contributed by atoms with Gasteiger partial charge in [-0.15, -0.1) is 0 Å². The van der Waals surface area contributed by atoms with Crippen molar-refractivity contribution < 1.29 is 20.1 Å². The van der Waals surface area contributed by atoms with Gasteiger partial charge in [0, 0.05) is 6.42 Å². The molecule has 0 rings (SSSR count). The molecule has 0 aromatic carbocycles. The van der Waals surface area contributed by atoms with Crippen LogP contribution in [0, 0.1) is 0 Å². The number of hydrogen-bond acceptors (Lipinski definition) is 4. The van der Waals surface area contributed by atoms with E-state index in [1.54, 1.807) is 0 Å². The second kappa shape index (κ2) is 37.4. The maximum atomic E-state index is 12.4. The highest BCUT2D eigenvalue weighted by atomic mass is 16.3. The Morgan fingerprint density at radius 2 is 0.872 bits per heavy atom. The lowest BCUT2D eigenvalue weighted by molar-refractivity contribution is -0.124. The Morgan fingerprint density at radius 3 is 1.30 bits per heavy atom. The van der Waals surface area contributed by atoms with E-state index in [2.05, 4.69) is 55.6 Å². The van der Waals surface area contributed by atoms with E-state index in [1.807, 2.05) is 0 Å². The number of aliphatic hydroxyl groups is 3. The normalized spacial score (nSPS) is 14.1. The van der Waals surface area contributed by atoms with Crippen molar-refractivity contribution in [2.24, 2.45) is 0 Å². The fraction of sp³-hybridized carbons (Fsp3) is 0.833. The molecule has 0 aromatic heterocycles. The second-order valence-electron chi connectivity index (χ2n) is 13.8. The first kappa shape index (κ1) is 45.6. The molecule has 3 atom stereocenters. The molecule has 0 spiro atoms. The van der Waals surface area contributed by atoms with E-state index in [0.29, 0.717) is 12.8 Å². The average molecular weight is 662 g/mol. The standard InChI is InChI=1S/C42H79NO4/c1-3-5-7-9-11-13-15-17-19-21-23-25-27-29-31-33-35-37-41(46)43-39(38-44)42(47)40(45)36-34-32-30-28-26-24-22-20-18-16-14-12-10-8-6-4-2/h17,19-20,22,28,30,39-40,42,44-45,47H,3-16,18,21,23-27,29,31-38H2,1-2H3,(H,43,46)/b19-17-,22-20+,30-28+.